The third kappa shape index (κ3) is 7.56. The SMILES string of the molecule is CCCCCCc1[c-]sc(Br)c1.[Br-].[Zn+2]. The van der Waals surface area contributed by atoms with Crippen molar-refractivity contribution in [1.82, 2.24) is 0 Å². The van der Waals surface area contributed by atoms with E-state index in [4.69, 9.17) is 0 Å². The molecule has 1 heterocycles. The van der Waals surface area contributed by atoms with Crippen LogP contribution in [-0.2, 0) is 25.9 Å². The summed E-state index contributed by atoms with van der Waals surface area (Å²) in [7, 11) is 0. The van der Waals surface area contributed by atoms with E-state index in [-0.39, 0.29) is 36.5 Å². The molecule has 0 saturated carbocycles. The van der Waals surface area contributed by atoms with Gasteiger partial charge in [0, 0.05) is 0 Å². The number of hydrogen-bond acceptors (Lipinski definition) is 1. The van der Waals surface area contributed by atoms with Gasteiger partial charge >= 0.3 is 19.5 Å². The van der Waals surface area contributed by atoms with Crippen LogP contribution in [0.4, 0.5) is 0 Å². The maximum absolute atomic E-state index is 3.44. The van der Waals surface area contributed by atoms with E-state index in [0.29, 0.717) is 0 Å². The van der Waals surface area contributed by atoms with Gasteiger partial charge < -0.3 is 17.0 Å². The van der Waals surface area contributed by atoms with Gasteiger partial charge in [-0.1, -0.05) is 42.8 Å². The number of aryl methyl sites for hydroxylation is 1. The zero-order valence-corrected chi connectivity index (χ0v) is 15.4. The Hall–Kier alpha value is 1.28. The van der Waals surface area contributed by atoms with E-state index in [9.17, 15) is 0 Å². The molecule has 0 radical (unpaired) electrons. The van der Waals surface area contributed by atoms with Gasteiger partial charge in [0.15, 0.2) is 0 Å². The van der Waals surface area contributed by atoms with Crippen molar-refractivity contribution in [1.29, 1.82) is 0 Å². The van der Waals surface area contributed by atoms with Crippen molar-refractivity contribution in [3.8, 4) is 0 Å². The predicted molar refractivity (Wildman–Crippen MR) is 58.7 cm³/mol. The molecule has 0 spiro atoms. The van der Waals surface area contributed by atoms with Crippen LogP contribution >= 0.6 is 27.3 Å². The Labute approximate surface area is 123 Å². The van der Waals surface area contributed by atoms with Crippen LogP contribution in [0.25, 0.3) is 0 Å². The first-order valence-corrected chi connectivity index (χ1v) is 6.09. The Balaban J connectivity index is 0. The molecular weight excluding hydrogens is 377 g/mol. The zero-order valence-electron chi connectivity index (χ0n) is 8.48. The van der Waals surface area contributed by atoms with Crippen LogP contribution in [0.5, 0.6) is 0 Å². The quantitative estimate of drug-likeness (QED) is 0.405. The van der Waals surface area contributed by atoms with Crippen LogP contribution in [0.1, 0.15) is 38.2 Å². The molecule has 0 aliphatic rings. The molecule has 14 heavy (non-hydrogen) atoms. The average molecular weight is 391 g/mol. The van der Waals surface area contributed by atoms with Crippen LogP contribution in [0.3, 0.4) is 0 Å². The molecule has 0 unspecified atom stereocenters. The smallest absolute Gasteiger partial charge is 1.00 e. The third-order valence-electron chi connectivity index (χ3n) is 1.87. The van der Waals surface area contributed by atoms with Crippen LogP contribution in [-0.4, -0.2) is 0 Å². The largest absolute Gasteiger partial charge is 2.00 e. The van der Waals surface area contributed by atoms with Gasteiger partial charge in [-0.3, -0.25) is 11.3 Å². The van der Waals surface area contributed by atoms with Gasteiger partial charge in [-0.2, -0.15) is 11.6 Å². The number of unbranched alkanes of at least 4 members (excludes halogenated alkanes) is 3. The molecular formula is C10H14Br2SZn. The molecule has 0 aliphatic heterocycles. The fraction of sp³-hybridized carbons (Fsp3) is 0.600. The minimum absolute atomic E-state index is 0. The Kier molecular flexibility index (Phi) is 13.6. The van der Waals surface area contributed by atoms with E-state index in [1.165, 1.54) is 41.5 Å². The molecule has 0 bridgehead atoms. The molecule has 0 aliphatic carbocycles. The van der Waals surface area contributed by atoms with Crippen LogP contribution in [0, 0.1) is 5.38 Å². The van der Waals surface area contributed by atoms with Crippen molar-refractivity contribution in [3.63, 3.8) is 0 Å². The summed E-state index contributed by atoms with van der Waals surface area (Å²) in [6.07, 6.45) is 6.55. The topological polar surface area (TPSA) is 0 Å². The molecule has 0 nitrogen and oxygen atoms in total. The number of hydrogen-bond donors (Lipinski definition) is 0. The van der Waals surface area contributed by atoms with Gasteiger partial charge in [0.1, 0.15) is 0 Å². The minimum Gasteiger partial charge on any atom is -1.00 e. The molecule has 4 heteroatoms. The average Bonchev–Trinajstić information content (AvgIpc) is 2.45. The summed E-state index contributed by atoms with van der Waals surface area (Å²) >= 11 is 5.10. The molecule has 1 aromatic heterocycles. The Morgan fingerprint density at radius 2 is 2.07 bits per heavy atom. The maximum Gasteiger partial charge on any atom is 2.00 e. The van der Waals surface area contributed by atoms with E-state index in [1.54, 1.807) is 11.3 Å². The van der Waals surface area contributed by atoms with Gasteiger partial charge in [-0.15, -0.1) is 21.3 Å². The predicted octanol–water partition coefficient (Wildman–Crippen LogP) is 1.44. The molecule has 0 N–H and O–H groups in total. The second-order valence-electron chi connectivity index (χ2n) is 2.99. The molecule has 0 amide bonds. The van der Waals surface area contributed by atoms with Crippen molar-refractivity contribution in [2.24, 2.45) is 0 Å². The normalized spacial score (nSPS) is 9.00. The van der Waals surface area contributed by atoms with Gasteiger partial charge in [0.25, 0.3) is 0 Å². The van der Waals surface area contributed by atoms with Crippen LogP contribution in [0.15, 0.2) is 9.85 Å². The first-order valence-electron chi connectivity index (χ1n) is 4.49. The van der Waals surface area contributed by atoms with Crippen molar-refractivity contribution >= 4 is 27.3 Å². The molecule has 1 rings (SSSR count). The molecule has 0 fully saturated rings. The van der Waals surface area contributed by atoms with Gasteiger partial charge in [0.05, 0.1) is 0 Å². The molecule has 0 aromatic carbocycles. The summed E-state index contributed by atoms with van der Waals surface area (Å²) in [4.78, 5) is 0. The van der Waals surface area contributed by atoms with Gasteiger partial charge in [-0.05, 0) is 0 Å². The molecule has 1 aromatic rings. The minimum atomic E-state index is 0. The van der Waals surface area contributed by atoms with E-state index in [1.807, 2.05) is 0 Å². The first kappa shape index (κ1) is 17.7. The zero-order chi connectivity index (χ0) is 8.81. The van der Waals surface area contributed by atoms with E-state index in [2.05, 4.69) is 34.3 Å². The Bertz CT molecular complexity index is 226. The molecule has 0 atom stereocenters. The van der Waals surface area contributed by atoms with Gasteiger partial charge in [-0.25, -0.2) is 0 Å². The number of thiophene rings is 1. The number of rotatable bonds is 5. The Morgan fingerprint density at radius 1 is 1.36 bits per heavy atom. The standard InChI is InChI=1S/C10H14BrS.BrH.Zn/c1-2-3-4-5-6-9-7-10(11)12-8-9;;/h7H,2-6H2,1H3;1H;/q-1;;+2/p-1. The molecule has 76 valence electrons. The van der Waals surface area contributed by atoms with E-state index in [0.717, 1.165) is 0 Å². The van der Waals surface area contributed by atoms with Crippen molar-refractivity contribution in [2.45, 2.75) is 39.0 Å². The van der Waals surface area contributed by atoms with Crippen molar-refractivity contribution in [3.05, 3.63) is 20.8 Å². The van der Waals surface area contributed by atoms with Crippen molar-refractivity contribution in [2.75, 3.05) is 0 Å². The second-order valence-corrected chi connectivity index (χ2v) is 5.22. The fourth-order valence-corrected chi connectivity index (χ4v) is 2.29. The van der Waals surface area contributed by atoms with Crippen LogP contribution in [0.2, 0.25) is 0 Å². The first-order chi connectivity index (χ1) is 5.83. The Morgan fingerprint density at radius 3 is 2.57 bits per heavy atom. The maximum atomic E-state index is 3.44. The summed E-state index contributed by atoms with van der Waals surface area (Å²) in [5, 5.41) is 3.28. The number of halogens is 2. The summed E-state index contributed by atoms with van der Waals surface area (Å²) < 4.78 is 1.20. The third-order valence-corrected chi connectivity index (χ3v) is 3.26. The molecule has 0 saturated heterocycles. The summed E-state index contributed by atoms with van der Waals surface area (Å²) in [5.74, 6) is 0. The van der Waals surface area contributed by atoms with E-state index >= 15 is 0 Å². The van der Waals surface area contributed by atoms with E-state index < -0.39 is 0 Å². The second kappa shape index (κ2) is 10.8. The fourth-order valence-electron chi connectivity index (χ4n) is 1.18. The monoisotopic (exact) mass is 388 g/mol. The van der Waals surface area contributed by atoms with Crippen LogP contribution < -0.4 is 17.0 Å². The van der Waals surface area contributed by atoms with Gasteiger partial charge in [0.2, 0.25) is 0 Å². The summed E-state index contributed by atoms with van der Waals surface area (Å²) in [6.45, 7) is 2.24. The summed E-state index contributed by atoms with van der Waals surface area (Å²) in [6, 6.07) is 2.18. The summed E-state index contributed by atoms with van der Waals surface area (Å²) in [5.41, 5.74) is 1.36. The van der Waals surface area contributed by atoms with Crippen molar-refractivity contribution < 1.29 is 36.5 Å².